The minimum Gasteiger partial charge on any atom is -0.445 e. The van der Waals surface area contributed by atoms with Gasteiger partial charge in [0.2, 0.25) is 0 Å². The third kappa shape index (κ3) is 5.31. The number of carbonyl (C=O) groups is 2. The molecule has 4 saturated carbocycles. The molecule has 4 aliphatic carbocycles. The first-order chi connectivity index (χ1) is 18.2. The summed E-state index contributed by atoms with van der Waals surface area (Å²) in [5, 5.41) is 4.46. The van der Waals surface area contributed by atoms with E-state index in [1.807, 2.05) is 6.92 Å². The van der Waals surface area contributed by atoms with E-state index in [9.17, 15) is 45.1 Å². The summed E-state index contributed by atoms with van der Waals surface area (Å²) in [7, 11) is -6.50. The van der Waals surface area contributed by atoms with Crippen molar-refractivity contribution in [2.24, 2.45) is 46.3 Å². The van der Waals surface area contributed by atoms with Crippen LogP contribution in [0.2, 0.25) is 0 Å². The number of halogens is 5. The number of esters is 1. The molecule has 40 heavy (non-hydrogen) atoms. The molecule has 2 unspecified atom stereocenters. The molecule has 0 amide bonds. The number of alkyl halides is 5. The van der Waals surface area contributed by atoms with Gasteiger partial charge in [0.15, 0.2) is 0 Å². The highest BCUT2D eigenvalue weighted by atomic mass is 32.2. The lowest BCUT2D eigenvalue weighted by molar-refractivity contribution is -0.259. The minimum absolute atomic E-state index is 0.00820. The van der Waals surface area contributed by atoms with Gasteiger partial charge in [-0.2, -0.15) is 30.4 Å². The van der Waals surface area contributed by atoms with Gasteiger partial charge < -0.3 is 9.84 Å². The van der Waals surface area contributed by atoms with E-state index < -0.39 is 40.0 Å². The Balaban J connectivity index is 1.43. The molecule has 7 nitrogen and oxygen atoms in total. The van der Waals surface area contributed by atoms with Gasteiger partial charge in [0.05, 0.1) is 6.10 Å². The van der Waals surface area contributed by atoms with Crippen molar-refractivity contribution in [1.82, 2.24) is 0 Å². The van der Waals surface area contributed by atoms with Crippen LogP contribution in [0.5, 0.6) is 0 Å². The molecule has 10 atom stereocenters. The fourth-order valence-electron chi connectivity index (χ4n) is 9.08. The largest absolute Gasteiger partial charge is 0.445 e. The molecule has 4 rings (SSSR count). The molecule has 0 heterocycles. The Morgan fingerprint density at radius 1 is 1.05 bits per heavy atom. The zero-order chi connectivity index (χ0) is 30.1. The molecule has 4 fully saturated rings. The summed E-state index contributed by atoms with van der Waals surface area (Å²) in [6.45, 7) is 6.24. The lowest BCUT2D eigenvalue weighted by Gasteiger charge is -2.60. The summed E-state index contributed by atoms with van der Waals surface area (Å²) in [6.07, 6.45) is -5.23. The number of hydrogen-bond donors (Lipinski definition) is 2. The van der Waals surface area contributed by atoms with E-state index in [2.05, 4.69) is 18.6 Å². The summed E-state index contributed by atoms with van der Waals surface area (Å²) < 4.78 is 101. The van der Waals surface area contributed by atoms with Gasteiger partial charge in [0.25, 0.3) is 6.10 Å². The highest BCUT2D eigenvalue weighted by molar-refractivity contribution is 7.86. The van der Waals surface area contributed by atoms with Crippen molar-refractivity contribution >= 4 is 21.9 Å². The first-order valence-corrected chi connectivity index (χ1v) is 15.5. The van der Waals surface area contributed by atoms with Crippen molar-refractivity contribution < 1.29 is 54.4 Å². The second kappa shape index (κ2) is 10.4. The van der Waals surface area contributed by atoms with E-state index in [0.717, 1.165) is 38.5 Å². The molecule has 0 aromatic rings. The van der Waals surface area contributed by atoms with Crippen LogP contribution in [-0.4, -0.2) is 53.5 Å². The Bertz CT molecular complexity index is 1110. The van der Waals surface area contributed by atoms with Gasteiger partial charge in [-0.1, -0.05) is 20.8 Å². The lowest BCUT2D eigenvalue weighted by Crippen LogP contribution is -2.57. The molecule has 0 bridgehead atoms. The number of rotatable bonds is 7. The van der Waals surface area contributed by atoms with Crippen LogP contribution in [0.15, 0.2) is 0 Å². The molecule has 2 N–H and O–H groups in total. The van der Waals surface area contributed by atoms with Crippen LogP contribution in [0, 0.1) is 46.3 Å². The van der Waals surface area contributed by atoms with Gasteiger partial charge in [-0.05, 0) is 91.8 Å². The van der Waals surface area contributed by atoms with Crippen LogP contribution in [0.3, 0.4) is 0 Å². The summed E-state index contributed by atoms with van der Waals surface area (Å²) in [6, 6.07) is 0. The van der Waals surface area contributed by atoms with Crippen LogP contribution < -0.4 is 0 Å². The highest BCUT2D eigenvalue weighted by Crippen LogP contribution is 2.67. The first-order valence-electron chi connectivity index (χ1n) is 14.0. The van der Waals surface area contributed by atoms with Gasteiger partial charge in [-0.3, -0.25) is 14.1 Å². The Hall–Kier alpha value is -1.34. The number of Topliss-reactive ketones (excluding diaryl/α,β-unsaturated/α-hetero) is 1. The first kappa shape index (κ1) is 31.6. The van der Waals surface area contributed by atoms with Crippen LogP contribution in [0.1, 0.15) is 85.0 Å². The standard InChI is InChI=1S/C27H39F5O7S/c1-14(4-7-21(35)39-23(26(28,29)30)27(31,32)40(36,37)38)17-5-6-18-22-19(9-11-25(17,18)3)24(2)10-8-16(33)12-15(24)13-20(22)34/h14-19,22-23,33H,4-13H2,1-3H3,(H,36,37,38)/t14-,15?,16-,17-,18+,19+,22+,23?,24+,25-/m1/s1. The van der Waals surface area contributed by atoms with Crippen LogP contribution in [0.4, 0.5) is 22.0 Å². The smallest absolute Gasteiger partial charge is 0.432 e. The molecular formula is C27H39F5O7S. The molecule has 0 radical (unpaired) electrons. The molecule has 0 spiro atoms. The van der Waals surface area contributed by atoms with Gasteiger partial charge in [0, 0.05) is 18.8 Å². The van der Waals surface area contributed by atoms with Gasteiger partial charge in [-0.25, -0.2) is 0 Å². The normalized spacial score (nSPS) is 40.0. The highest BCUT2D eigenvalue weighted by Gasteiger charge is 2.66. The average Bonchev–Trinajstić information content (AvgIpc) is 3.17. The third-order valence-corrected chi connectivity index (χ3v) is 12.1. The van der Waals surface area contributed by atoms with Crippen LogP contribution in [-0.2, 0) is 24.4 Å². The van der Waals surface area contributed by atoms with Gasteiger partial charge >= 0.3 is 27.5 Å². The maximum atomic E-state index is 13.8. The van der Waals surface area contributed by atoms with Crippen LogP contribution >= 0.6 is 0 Å². The molecule has 0 aromatic carbocycles. The number of ketones is 1. The Morgan fingerprint density at radius 3 is 2.25 bits per heavy atom. The average molecular weight is 603 g/mol. The summed E-state index contributed by atoms with van der Waals surface area (Å²) >= 11 is 0. The van der Waals surface area contributed by atoms with E-state index in [4.69, 9.17) is 4.55 Å². The SMILES string of the molecule is C[C@H](CCC(=O)OC(C(F)(F)F)C(F)(F)S(=O)(=O)O)[C@H]1CC[C@H]2[C@@H]3C(=O)CC4C[C@H](O)CC[C@]4(C)[C@H]3CC[C@]12C. The van der Waals surface area contributed by atoms with E-state index >= 15 is 0 Å². The molecule has 230 valence electrons. The number of ether oxygens (including phenoxy) is 1. The van der Waals surface area contributed by atoms with Crippen molar-refractivity contribution in [3.63, 3.8) is 0 Å². The number of fused-ring (bicyclic) bond motifs is 5. The second-order valence-electron chi connectivity index (χ2n) is 13.2. The lowest BCUT2D eigenvalue weighted by atomic mass is 9.44. The van der Waals surface area contributed by atoms with Crippen molar-refractivity contribution in [3.05, 3.63) is 0 Å². The number of aliphatic hydroxyl groups excluding tert-OH is 1. The summed E-state index contributed by atoms with van der Waals surface area (Å²) in [4.78, 5) is 25.7. The fourth-order valence-corrected chi connectivity index (χ4v) is 9.54. The molecule has 0 saturated heterocycles. The number of carbonyl (C=O) groups excluding carboxylic acids is 2. The van der Waals surface area contributed by atoms with E-state index in [0.29, 0.717) is 12.8 Å². The molecule has 0 aromatic heterocycles. The minimum atomic E-state index is -6.50. The number of hydrogen-bond acceptors (Lipinski definition) is 6. The monoisotopic (exact) mass is 602 g/mol. The van der Waals surface area contributed by atoms with Crippen molar-refractivity contribution in [2.45, 2.75) is 109 Å². The molecular weight excluding hydrogens is 563 g/mol. The maximum absolute atomic E-state index is 13.8. The van der Waals surface area contributed by atoms with E-state index in [-0.39, 0.29) is 64.6 Å². The van der Waals surface area contributed by atoms with Crippen molar-refractivity contribution in [2.75, 3.05) is 0 Å². The van der Waals surface area contributed by atoms with Crippen molar-refractivity contribution in [3.8, 4) is 0 Å². The number of aliphatic hydroxyl groups is 1. The molecule has 0 aliphatic heterocycles. The molecule has 13 heteroatoms. The third-order valence-electron chi connectivity index (χ3n) is 11.2. The van der Waals surface area contributed by atoms with Crippen LogP contribution in [0.25, 0.3) is 0 Å². The predicted octanol–water partition coefficient (Wildman–Crippen LogP) is 5.56. The van der Waals surface area contributed by atoms with E-state index in [1.165, 1.54) is 0 Å². The van der Waals surface area contributed by atoms with Gasteiger partial charge in [0.1, 0.15) is 5.78 Å². The Morgan fingerprint density at radius 2 is 1.65 bits per heavy atom. The second-order valence-corrected chi connectivity index (χ2v) is 14.7. The fraction of sp³-hybridized carbons (Fsp3) is 0.926. The summed E-state index contributed by atoms with van der Waals surface area (Å²) in [5.41, 5.74) is -0.240. The maximum Gasteiger partial charge on any atom is 0.432 e. The Kier molecular flexibility index (Phi) is 8.24. The zero-order valence-corrected chi connectivity index (χ0v) is 23.7. The quantitative estimate of drug-likeness (QED) is 0.223. The van der Waals surface area contributed by atoms with Gasteiger partial charge in [-0.15, -0.1) is 0 Å². The molecule has 4 aliphatic rings. The zero-order valence-electron chi connectivity index (χ0n) is 22.9. The predicted molar refractivity (Wildman–Crippen MR) is 132 cm³/mol. The topological polar surface area (TPSA) is 118 Å². The van der Waals surface area contributed by atoms with Crippen molar-refractivity contribution in [1.29, 1.82) is 0 Å². The Labute approximate surface area is 231 Å². The summed E-state index contributed by atoms with van der Waals surface area (Å²) in [5.74, 6) is -1.09. The van der Waals surface area contributed by atoms with E-state index in [1.54, 1.807) is 0 Å².